The lowest BCUT2D eigenvalue weighted by atomic mass is 10.1. The molecule has 0 unspecified atom stereocenters. The molecule has 0 heterocycles. The topological polar surface area (TPSA) is 17.1 Å². The molecule has 0 aliphatic heterocycles. The maximum atomic E-state index is 10.2. The van der Waals surface area contributed by atoms with Gasteiger partial charge in [-0.05, 0) is 39.8 Å². The largest absolute Gasteiger partial charge is 0.303 e. The third-order valence-corrected chi connectivity index (χ3v) is 2.53. The van der Waals surface area contributed by atoms with E-state index in [-0.39, 0.29) is 0 Å². The number of carbonyl (C=O) groups excluding carboxylic acids is 1. The molecule has 0 saturated carbocycles. The number of halogens is 1. The molecule has 0 saturated heterocycles. The minimum atomic E-state index is 0.417. The van der Waals surface area contributed by atoms with Gasteiger partial charge in [0.1, 0.15) is 6.29 Å². The summed E-state index contributed by atoms with van der Waals surface area (Å²) >= 11 is 2.24. The van der Waals surface area contributed by atoms with E-state index in [2.05, 4.69) is 29.2 Å². The Morgan fingerprint density at radius 3 is 2.50 bits per heavy atom. The maximum absolute atomic E-state index is 10.2. The van der Waals surface area contributed by atoms with Crippen molar-refractivity contribution in [3.8, 4) is 0 Å². The van der Waals surface area contributed by atoms with Crippen molar-refractivity contribution in [2.24, 2.45) is 0 Å². The van der Waals surface area contributed by atoms with Gasteiger partial charge in [0, 0.05) is 9.99 Å². The smallest absolute Gasteiger partial charge is 0.124 e. The molecule has 76 valence electrons. The minimum Gasteiger partial charge on any atom is -0.303 e. The second kappa shape index (κ2) is 7.74. The van der Waals surface area contributed by atoms with E-state index in [9.17, 15) is 4.79 Å². The molecule has 14 heavy (non-hydrogen) atoms. The Morgan fingerprint density at radius 2 is 2.00 bits per heavy atom. The Labute approximate surface area is 99.4 Å². The van der Waals surface area contributed by atoms with Crippen LogP contribution in [0.5, 0.6) is 0 Å². The van der Waals surface area contributed by atoms with E-state index in [4.69, 9.17) is 0 Å². The van der Waals surface area contributed by atoms with E-state index >= 15 is 0 Å². The summed E-state index contributed by atoms with van der Waals surface area (Å²) < 4.78 is 1.14. The highest BCUT2D eigenvalue weighted by atomic mass is 127. The Kier molecular flexibility index (Phi) is 7.38. The zero-order valence-electron chi connectivity index (χ0n) is 8.59. The molecule has 0 N–H and O–H groups in total. The maximum Gasteiger partial charge on any atom is 0.124 e. The van der Waals surface area contributed by atoms with E-state index in [1.807, 2.05) is 38.1 Å². The van der Waals surface area contributed by atoms with Gasteiger partial charge in [-0.1, -0.05) is 38.6 Å². The minimum absolute atomic E-state index is 0.417. The summed E-state index contributed by atoms with van der Waals surface area (Å²) in [4.78, 5) is 10.2. The number of allylic oxidation sites excluding steroid dienone is 1. The van der Waals surface area contributed by atoms with Gasteiger partial charge in [-0.2, -0.15) is 0 Å². The standard InChI is InChI=1S/C10H9IO.C2H6/c1-8(6-7-12)9-4-2-3-5-10(9)11;1-2/h2-5,7H,1,6H2;1-2H3. The van der Waals surface area contributed by atoms with Crippen LogP contribution >= 0.6 is 22.6 Å². The molecule has 0 amide bonds. The molecule has 0 spiro atoms. The lowest BCUT2D eigenvalue weighted by molar-refractivity contribution is -0.107. The molecule has 0 atom stereocenters. The average molecular weight is 302 g/mol. The molecule has 0 aromatic heterocycles. The highest BCUT2D eigenvalue weighted by Crippen LogP contribution is 2.20. The van der Waals surface area contributed by atoms with Gasteiger partial charge in [-0.25, -0.2) is 0 Å². The van der Waals surface area contributed by atoms with Crippen LogP contribution in [0.3, 0.4) is 0 Å². The molecule has 0 aliphatic rings. The Balaban J connectivity index is 0.000000791. The van der Waals surface area contributed by atoms with Crippen LogP contribution in [0.15, 0.2) is 30.8 Å². The van der Waals surface area contributed by atoms with Crippen molar-refractivity contribution in [1.82, 2.24) is 0 Å². The van der Waals surface area contributed by atoms with Crippen LogP contribution in [-0.4, -0.2) is 6.29 Å². The molecule has 2 heteroatoms. The first-order chi connectivity index (χ1) is 6.75. The van der Waals surface area contributed by atoms with Gasteiger partial charge >= 0.3 is 0 Å². The van der Waals surface area contributed by atoms with Gasteiger partial charge in [0.25, 0.3) is 0 Å². The number of rotatable bonds is 3. The van der Waals surface area contributed by atoms with Gasteiger partial charge < -0.3 is 4.79 Å². The number of hydrogen-bond acceptors (Lipinski definition) is 1. The third kappa shape index (κ3) is 4.05. The van der Waals surface area contributed by atoms with E-state index in [1.165, 1.54) is 0 Å². The summed E-state index contributed by atoms with van der Waals surface area (Å²) in [6.07, 6.45) is 1.30. The number of hydrogen-bond donors (Lipinski definition) is 0. The lowest BCUT2D eigenvalue weighted by Crippen LogP contribution is -1.87. The SMILES string of the molecule is C=C(CC=O)c1ccccc1I.CC. The molecular formula is C12H15IO. The monoisotopic (exact) mass is 302 g/mol. The Bertz CT molecular complexity index is 305. The molecule has 1 aromatic carbocycles. The summed E-state index contributed by atoms with van der Waals surface area (Å²) in [6.45, 7) is 7.84. The van der Waals surface area contributed by atoms with Crippen molar-refractivity contribution in [2.75, 3.05) is 0 Å². The molecule has 0 fully saturated rings. The zero-order valence-corrected chi connectivity index (χ0v) is 10.7. The third-order valence-electron chi connectivity index (χ3n) is 1.58. The Hall–Kier alpha value is -0.640. The predicted octanol–water partition coefficient (Wildman–Crippen LogP) is 3.92. The van der Waals surface area contributed by atoms with Crippen LogP contribution in [0.25, 0.3) is 5.57 Å². The van der Waals surface area contributed by atoms with Crippen LogP contribution in [-0.2, 0) is 4.79 Å². The summed E-state index contributed by atoms with van der Waals surface area (Å²) in [5.41, 5.74) is 1.96. The number of aldehydes is 1. The fourth-order valence-electron chi connectivity index (χ4n) is 0.958. The number of benzene rings is 1. The van der Waals surface area contributed by atoms with Crippen molar-refractivity contribution >= 4 is 34.5 Å². The van der Waals surface area contributed by atoms with Crippen molar-refractivity contribution in [3.05, 3.63) is 40.0 Å². The normalized spacial score (nSPS) is 8.50. The van der Waals surface area contributed by atoms with E-state index in [0.29, 0.717) is 6.42 Å². The summed E-state index contributed by atoms with van der Waals surface area (Å²) in [7, 11) is 0. The van der Waals surface area contributed by atoms with Gasteiger partial charge in [-0.3, -0.25) is 0 Å². The molecule has 0 radical (unpaired) electrons. The van der Waals surface area contributed by atoms with Crippen molar-refractivity contribution < 1.29 is 4.79 Å². The molecular weight excluding hydrogens is 287 g/mol. The van der Waals surface area contributed by atoms with Gasteiger partial charge in [-0.15, -0.1) is 0 Å². The second-order valence-corrected chi connectivity index (χ2v) is 3.62. The summed E-state index contributed by atoms with van der Waals surface area (Å²) in [5.74, 6) is 0. The van der Waals surface area contributed by atoms with E-state index in [0.717, 1.165) is 21.0 Å². The molecule has 0 aliphatic carbocycles. The fraction of sp³-hybridized carbons (Fsp3) is 0.250. The van der Waals surface area contributed by atoms with Gasteiger partial charge in [0.2, 0.25) is 0 Å². The second-order valence-electron chi connectivity index (χ2n) is 2.45. The van der Waals surface area contributed by atoms with Gasteiger partial charge in [0.15, 0.2) is 0 Å². The van der Waals surface area contributed by atoms with Crippen molar-refractivity contribution in [1.29, 1.82) is 0 Å². The van der Waals surface area contributed by atoms with Crippen LogP contribution in [0.2, 0.25) is 0 Å². The summed E-state index contributed by atoms with van der Waals surface area (Å²) in [6, 6.07) is 7.91. The summed E-state index contributed by atoms with van der Waals surface area (Å²) in [5, 5.41) is 0. The molecule has 0 bridgehead atoms. The number of carbonyl (C=O) groups is 1. The Morgan fingerprint density at radius 1 is 1.43 bits per heavy atom. The highest BCUT2D eigenvalue weighted by molar-refractivity contribution is 14.1. The van der Waals surface area contributed by atoms with Crippen LogP contribution in [0.4, 0.5) is 0 Å². The van der Waals surface area contributed by atoms with Crippen LogP contribution in [0, 0.1) is 3.57 Å². The van der Waals surface area contributed by atoms with E-state index < -0.39 is 0 Å². The molecule has 1 aromatic rings. The quantitative estimate of drug-likeness (QED) is 0.611. The van der Waals surface area contributed by atoms with Crippen molar-refractivity contribution in [2.45, 2.75) is 20.3 Å². The lowest BCUT2D eigenvalue weighted by Gasteiger charge is -2.03. The zero-order chi connectivity index (χ0) is 11.0. The molecule has 1 rings (SSSR count). The first-order valence-electron chi connectivity index (χ1n) is 4.62. The van der Waals surface area contributed by atoms with Crippen LogP contribution < -0.4 is 0 Å². The predicted molar refractivity (Wildman–Crippen MR) is 70.2 cm³/mol. The molecule has 1 nitrogen and oxygen atoms in total. The first-order valence-corrected chi connectivity index (χ1v) is 5.70. The van der Waals surface area contributed by atoms with Crippen LogP contribution in [0.1, 0.15) is 25.8 Å². The fourth-order valence-corrected chi connectivity index (χ4v) is 1.73. The average Bonchev–Trinajstić information content (AvgIpc) is 2.22. The highest BCUT2D eigenvalue weighted by Gasteiger charge is 2.01. The van der Waals surface area contributed by atoms with Gasteiger partial charge in [0.05, 0.1) is 0 Å². The first kappa shape index (κ1) is 13.4. The van der Waals surface area contributed by atoms with E-state index in [1.54, 1.807) is 0 Å². The van der Waals surface area contributed by atoms with Crippen molar-refractivity contribution in [3.63, 3.8) is 0 Å².